The maximum Gasteiger partial charge on any atom is 0.338 e. The summed E-state index contributed by atoms with van der Waals surface area (Å²) in [6, 6.07) is 31.7. The molecule has 8 aliphatic rings. The number of fused-ring (bicyclic) bond motifs is 6. The predicted octanol–water partition coefficient (Wildman–Crippen LogP) is 13.1. The van der Waals surface area contributed by atoms with Gasteiger partial charge in [0.1, 0.15) is 11.5 Å². The minimum Gasteiger partial charge on any atom is -0.436 e. The third kappa shape index (κ3) is 7.81. The number of benzene rings is 4. The average Bonchev–Trinajstić information content (AvgIpc) is 3.42. The highest BCUT2D eigenvalue weighted by Gasteiger charge is 2.74. The van der Waals surface area contributed by atoms with Gasteiger partial charge in [-0.05, 0) is 99.6 Å². The highest BCUT2D eigenvalue weighted by molar-refractivity contribution is 7.69. The number of carbonyl (C=O) groups excluding carboxylic acids is 2. The number of hydrogen-bond donors (Lipinski definition) is 2. The van der Waals surface area contributed by atoms with Gasteiger partial charge in [0.15, 0.2) is 0 Å². The van der Waals surface area contributed by atoms with Crippen LogP contribution < -0.4 is 30.3 Å². The molecule has 12 rings (SSSR count). The average molecular weight is 1010 g/mol. The van der Waals surface area contributed by atoms with Crippen LogP contribution in [0, 0.1) is 0 Å². The molecule has 14 heteroatoms. The Bertz CT molecular complexity index is 2560. The lowest BCUT2D eigenvalue weighted by Crippen LogP contribution is -2.86. The molecule has 4 saturated carbocycles. The monoisotopic (exact) mass is 1010 g/mol. The zero-order valence-corrected chi connectivity index (χ0v) is 43.9. The van der Waals surface area contributed by atoms with E-state index in [2.05, 4.69) is 22.8 Å². The maximum absolute atomic E-state index is 16.7. The Morgan fingerprint density at radius 1 is 0.431 bits per heavy atom. The summed E-state index contributed by atoms with van der Waals surface area (Å²) >= 11 is 0. The minimum atomic E-state index is -3.92. The van der Waals surface area contributed by atoms with Crippen molar-refractivity contribution >= 4 is 37.4 Å². The number of amides is 4. The Morgan fingerprint density at radius 3 is 1.15 bits per heavy atom. The van der Waals surface area contributed by atoms with E-state index in [0.717, 1.165) is 151 Å². The first-order chi connectivity index (χ1) is 35.3. The van der Waals surface area contributed by atoms with Gasteiger partial charge < -0.3 is 9.05 Å². The van der Waals surface area contributed by atoms with Gasteiger partial charge in [0.2, 0.25) is 0 Å². The van der Waals surface area contributed by atoms with Gasteiger partial charge in [0, 0.05) is 48.4 Å². The molecule has 0 aromatic heterocycles. The summed E-state index contributed by atoms with van der Waals surface area (Å²) in [5.41, 5.74) is 0.971. The lowest BCUT2D eigenvalue weighted by molar-refractivity contribution is -0.101. The van der Waals surface area contributed by atoms with Crippen molar-refractivity contribution in [2.24, 2.45) is 0 Å². The van der Waals surface area contributed by atoms with Gasteiger partial charge in [0.25, 0.3) is 11.1 Å². The zero-order chi connectivity index (χ0) is 48.9. The number of urea groups is 2. The summed E-state index contributed by atoms with van der Waals surface area (Å²) in [4.78, 5) is 37.9. The Hall–Kier alpha value is -4.60. The molecule has 0 spiro atoms. The fraction of sp³-hybridized carbons (Fsp3) is 0.552. The standard InChI is InChI=1S/C58H74N6O6P2/c65-55-61(57(59-43-25-7-3-8-26-43,63(55)45-29-11-5-12-30-45)71(67)53-39-21-17-35-49(53)47-33-15-19-37-51(47)69-71)41-23-1-2-24-42-62-56(66)64(46-31-13-6-14-32-46)58(62,60-44-27-9-4-10-28-44)72(68)54-40-22-18-36-50(54)48-34-16-20-38-52(48)70-72/h15-22,33-40,43-46,59-60H,1-14,23-32,41-42H2. The molecule has 2 saturated heterocycles. The molecular formula is C58H74N6O6P2. The van der Waals surface area contributed by atoms with E-state index < -0.39 is 25.8 Å². The highest BCUT2D eigenvalue weighted by atomic mass is 31.2. The number of hydrogen-bond acceptors (Lipinski definition) is 8. The zero-order valence-electron chi connectivity index (χ0n) is 42.1. The fourth-order valence-corrected chi connectivity index (χ4v) is 20.6. The smallest absolute Gasteiger partial charge is 0.338 e. The first-order valence-corrected chi connectivity index (χ1v) is 31.3. The van der Waals surface area contributed by atoms with Crippen molar-refractivity contribution in [2.45, 2.75) is 189 Å². The number of nitrogens with one attached hydrogen (secondary N) is 2. The first kappa shape index (κ1) is 48.3. The number of unbranched alkanes of at least 4 members (excludes halogenated alkanes) is 3. The molecule has 382 valence electrons. The van der Waals surface area contributed by atoms with E-state index in [4.69, 9.17) is 9.05 Å². The van der Waals surface area contributed by atoms with Gasteiger partial charge in [-0.25, -0.2) is 9.59 Å². The molecular weight excluding hydrogens is 939 g/mol. The molecule has 6 fully saturated rings. The van der Waals surface area contributed by atoms with E-state index in [1.807, 2.05) is 105 Å². The van der Waals surface area contributed by atoms with Gasteiger partial charge in [-0.3, -0.25) is 39.4 Å². The van der Waals surface area contributed by atoms with E-state index in [1.165, 1.54) is 12.8 Å². The molecule has 4 heterocycles. The van der Waals surface area contributed by atoms with Crippen LogP contribution in [0.25, 0.3) is 22.3 Å². The molecule has 4 aliphatic carbocycles. The summed E-state index contributed by atoms with van der Waals surface area (Å²) in [7, 11) is -7.84. The van der Waals surface area contributed by atoms with Crippen LogP contribution >= 0.6 is 14.7 Å². The molecule has 2 N–H and O–H groups in total. The van der Waals surface area contributed by atoms with Gasteiger partial charge in [-0.15, -0.1) is 0 Å². The van der Waals surface area contributed by atoms with Crippen molar-refractivity contribution in [1.82, 2.24) is 30.2 Å². The van der Waals surface area contributed by atoms with Crippen LogP contribution in [-0.2, 0) is 9.13 Å². The molecule has 12 nitrogen and oxygen atoms in total. The molecule has 4 unspecified atom stereocenters. The Kier molecular flexibility index (Phi) is 13.4. The van der Waals surface area contributed by atoms with Crippen molar-refractivity contribution < 1.29 is 27.8 Å². The van der Waals surface area contributed by atoms with E-state index in [1.54, 1.807) is 0 Å². The summed E-state index contributed by atoms with van der Waals surface area (Å²) in [5.74, 6) is 1.19. The fourth-order valence-electron chi connectivity index (χ4n) is 14.3. The molecule has 4 aliphatic heterocycles. The predicted molar refractivity (Wildman–Crippen MR) is 285 cm³/mol. The first-order valence-electron chi connectivity index (χ1n) is 28.0. The molecule has 4 aromatic carbocycles. The van der Waals surface area contributed by atoms with Crippen LogP contribution in [-0.4, -0.2) is 80.0 Å². The lowest BCUT2D eigenvalue weighted by atomic mass is 9.92. The Balaban J connectivity index is 0.841. The number of carbonyl (C=O) groups is 2. The second-order valence-corrected chi connectivity index (χ2v) is 26.9. The van der Waals surface area contributed by atoms with E-state index >= 15 is 18.7 Å². The SMILES string of the molecule is O=C1N(CCCCCCN2C(=O)N(C3CCCCC3)C2(NC2CCCCC2)P2(=O)Oc3ccccc3-c3ccccc32)C(NC2CCCCC2)(P2(=O)Oc3ccccc3-c3ccccc32)N1C1CCCCC1. The summed E-state index contributed by atoms with van der Waals surface area (Å²) in [6.07, 6.45) is 23.5. The topological polar surface area (TPSA) is 124 Å². The number of para-hydroxylation sites is 2. The van der Waals surface area contributed by atoms with E-state index in [-0.39, 0.29) is 36.2 Å². The van der Waals surface area contributed by atoms with Crippen molar-refractivity contribution in [3.8, 4) is 33.8 Å². The normalized spacial score (nSPS) is 29.0. The van der Waals surface area contributed by atoms with Crippen LogP contribution in [0.1, 0.15) is 154 Å². The molecule has 4 amide bonds. The van der Waals surface area contributed by atoms with Crippen molar-refractivity contribution in [3.63, 3.8) is 0 Å². The van der Waals surface area contributed by atoms with Crippen molar-refractivity contribution in [3.05, 3.63) is 97.1 Å². The van der Waals surface area contributed by atoms with Crippen LogP contribution in [0.4, 0.5) is 9.59 Å². The summed E-state index contributed by atoms with van der Waals surface area (Å²) < 4.78 is 47.5. The summed E-state index contributed by atoms with van der Waals surface area (Å²) in [6.45, 7) is 0.840. The third-order valence-electron chi connectivity index (χ3n) is 17.8. The van der Waals surface area contributed by atoms with Gasteiger partial charge >= 0.3 is 26.8 Å². The highest BCUT2D eigenvalue weighted by Crippen LogP contribution is 2.70. The maximum atomic E-state index is 16.7. The van der Waals surface area contributed by atoms with Crippen LogP contribution in [0.3, 0.4) is 0 Å². The molecule has 4 aromatic rings. The van der Waals surface area contributed by atoms with Gasteiger partial charge in [-0.2, -0.15) is 0 Å². The third-order valence-corrected chi connectivity index (χ3v) is 23.5. The van der Waals surface area contributed by atoms with Gasteiger partial charge in [0.05, 0.1) is 10.6 Å². The lowest BCUT2D eigenvalue weighted by Gasteiger charge is -2.65. The van der Waals surface area contributed by atoms with Crippen molar-refractivity contribution in [1.29, 1.82) is 0 Å². The second-order valence-electron chi connectivity index (χ2n) is 22.1. The molecule has 4 atom stereocenters. The quantitative estimate of drug-likeness (QED) is 0.0891. The van der Waals surface area contributed by atoms with Crippen LogP contribution in [0.2, 0.25) is 0 Å². The molecule has 0 bridgehead atoms. The number of rotatable bonds is 15. The van der Waals surface area contributed by atoms with E-state index in [0.29, 0.717) is 48.0 Å². The molecule has 72 heavy (non-hydrogen) atoms. The largest absolute Gasteiger partial charge is 0.436 e. The Labute approximate surface area is 426 Å². The van der Waals surface area contributed by atoms with Crippen LogP contribution in [0.5, 0.6) is 11.5 Å². The number of nitrogens with zero attached hydrogens (tertiary/aromatic N) is 4. The van der Waals surface area contributed by atoms with Crippen molar-refractivity contribution in [2.75, 3.05) is 13.1 Å². The van der Waals surface area contributed by atoms with Crippen LogP contribution in [0.15, 0.2) is 97.1 Å². The molecule has 0 radical (unpaired) electrons. The Morgan fingerprint density at radius 2 is 0.764 bits per heavy atom. The minimum absolute atomic E-state index is 0.0391. The van der Waals surface area contributed by atoms with E-state index in [9.17, 15) is 0 Å². The second kappa shape index (κ2) is 19.9. The van der Waals surface area contributed by atoms with Gasteiger partial charge in [-0.1, -0.05) is 163 Å². The summed E-state index contributed by atoms with van der Waals surface area (Å²) in [5, 5.41) is 9.41.